The molecule has 2 rings (SSSR count). The van der Waals surface area contributed by atoms with Gasteiger partial charge in [-0.25, -0.2) is 4.98 Å². The molecule has 19 heavy (non-hydrogen) atoms. The summed E-state index contributed by atoms with van der Waals surface area (Å²) in [5.74, 6) is 1.03. The van der Waals surface area contributed by atoms with Gasteiger partial charge in [0.2, 0.25) is 0 Å². The van der Waals surface area contributed by atoms with Gasteiger partial charge in [0.05, 0.1) is 6.61 Å². The highest BCUT2D eigenvalue weighted by atomic mass is 16.3. The molecular formula is C15H21N3O. The van der Waals surface area contributed by atoms with Crippen molar-refractivity contribution in [3.05, 3.63) is 47.5 Å². The first kappa shape index (κ1) is 13.7. The molecular weight excluding hydrogens is 238 g/mol. The van der Waals surface area contributed by atoms with E-state index in [9.17, 15) is 5.11 Å². The van der Waals surface area contributed by atoms with Crippen LogP contribution in [0.25, 0.3) is 0 Å². The minimum absolute atomic E-state index is 0.0837. The average Bonchev–Trinajstić information content (AvgIpc) is 2.85. The van der Waals surface area contributed by atoms with Crippen molar-refractivity contribution in [2.45, 2.75) is 39.2 Å². The molecule has 2 aromatic rings. The van der Waals surface area contributed by atoms with E-state index in [2.05, 4.69) is 48.2 Å². The number of aliphatic hydroxyl groups is 1. The van der Waals surface area contributed by atoms with Crippen LogP contribution in [0.2, 0.25) is 0 Å². The van der Waals surface area contributed by atoms with Gasteiger partial charge in [-0.15, -0.1) is 0 Å². The molecule has 1 N–H and O–H groups in total. The summed E-state index contributed by atoms with van der Waals surface area (Å²) in [4.78, 5) is 4.31. The number of hydrogen-bond acceptors (Lipinski definition) is 3. The number of hydrogen-bond donors (Lipinski definition) is 1. The van der Waals surface area contributed by atoms with Gasteiger partial charge in [-0.2, -0.15) is 5.10 Å². The number of benzene rings is 1. The monoisotopic (exact) mass is 259 g/mol. The zero-order chi connectivity index (χ0) is 13.7. The standard InChI is InChI=1S/C15H21N3O/c1-3-8-18-15(16-11-17-18)9-14(10-19)13-6-4-12(2)5-7-13/h4-7,11,14,19H,3,8-10H2,1-2H3. The van der Waals surface area contributed by atoms with Gasteiger partial charge >= 0.3 is 0 Å². The van der Waals surface area contributed by atoms with Crippen LogP contribution >= 0.6 is 0 Å². The lowest BCUT2D eigenvalue weighted by atomic mass is 9.95. The van der Waals surface area contributed by atoms with Gasteiger partial charge in [-0.1, -0.05) is 36.8 Å². The molecule has 0 amide bonds. The molecule has 4 heteroatoms. The molecule has 1 heterocycles. The molecule has 0 fully saturated rings. The van der Waals surface area contributed by atoms with E-state index in [-0.39, 0.29) is 12.5 Å². The molecule has 4 nitrogen and oxygen atoms in total. The van der Waals surface area contributed by atoms with Crippen molar-refractivity contribution < 1.29 is 5.11 Å². The van der Waals surface area contributed by atoms with E-state index in [4.69, 9.17) is 0 Å². The fraction of sp³-hybridized carbons (Fsp3) is 0.467. The van der Waals surface area contributed by atoms with E-state index in [1.807, 2.05) is 4.68 Å². The Balaban J connectivity index is 2.14. The molecule has 0 saturated heterocycles. The Morgan fingerprint density at radius 1 is 1.26 bits per heavy atom. The lowest BCUT2D eigenvalue weighted by Crippen LogP contribution is -2.13. The van der Waals surface area contributed by atoms with Crippen LogP contribution in [-0.2, 0) is 13.0 Å². The fourth-order valence-electron chi connectivity index (χ4n) is 2.19. The Kier molecular flexibility index (Phi) is 4.68. The summed E-state index contributed by atoms with van der Waals surface area (Å²) in [6.07, 6.45) is 3.35. The third-order valence-corrected chi connectivity index (χ3v) is 3.33. The first-order chi connectivity index (χ1) is 9.24. The van der Waals surface area contributed by atoms with Crippen molar-refractivity contribution in [2.75, 3.05) is 6.61 Å². The predicted octanol–water partition coefficient (Wildman–Crippen LogP) is 2.32. The molecule has 1 unspecified atom stereocenters. The second kappa shape index (κ2) is 6.48. The van der Waals surface area contributed by atoms with Crippen LogP contribution < -0.4 is 0 Å². The van der Waals surface area contributed by atoms with Crippen molar-refractivity contribution in [1.29, 1.82) is 0 Å². The number of rotatable bonds is 6. The highest BCUT2D eigenvalue weighted by Gasteiger charge is 2.15. The minimum Gasteiger partial charge on any atom is -0.396 e. The molecule has 0 aliphatic rings. The summed E-state index contributed by atoms with van der Waals surface area (Å²) in [5, 5.41) is 13.8. The highest BCUT2D eigenvalue weighted by molar-refractivity contribution is 5.25. The van der Waals surface area contributed by atoms with Gasteiger partial charge in [0, 0.05) is 18.9 Å². The molecule has 1 aromatic carbocycles. The summed E-state index contributed by atoms with van der Waals surface area (Å²) < 4.78 is 1.93. The van der Waals surface area contributed by atoms with Crippen LogP contribution in [0.15, 0.2) is 30.6 Å². The smallest absolute Gasteiger partial charge is 0.138 e. The summed E-state index contributed by atoms with van der Waals surface area (Å²) in [6, 6.07) is 8.32. The summed E-state index contributed by atoms with van der Waals surface area (Å²) >= 11 is 0. The largest absolute Gasteiger partial charge is 0.396 e. The Morgan fingerprint density at radius 2 is 2.00 bits per heavy atom. The molecule has 0 spiro atoms. The van der Waals surface area contributed by atoms with Gasteiger partial charge in [0.1, 0.15) is 12.2 Å². The van der Waals surface area contributed by atoms with E-state index in [0.29, 0.717) is 0 Å². The van der Waals surface area contributed by atoms with E-state index in [0.717, 1.165) is 30.8 Å². The second-order valence-corrected chi connectivity index (χ2v) is 4.89. The minimum atomic E-state index is 0.0837. The Morgan fingerprint density at radius 3 is 2.63 bits per heavy atom. The Labute approximate surface area is 114 Å². The van der Waals surface area contributed by atoms with Crippen molar-refractivity contribution in [3.63, 3.8) is 0 Å². The van der Waals surface area contributed by atoms with Crippen LogP contribution in [0, 0.1) is 6.92 Å². The van der Waals surface area contributed by atoms with E-state index in [1.54, 1.807) is 6.33 Å². The van der Waals surface area contributed by atoms with E-state index < -0.39 is 0 Å². The first-order valence-electron chi connectivity index (χ1n) is 6.78. The Hall–Kier alpha value is -1.68. The quantitative estimate of drug-likeness (QED) is 0.866. The molecule has 0 aliphatic heterocycles. The maximum atomic E-state index is 9.61. The predicted molar refractivity (Wildman–Crippen MR) is 75.0 cm³/mol. The third kappa shape index (κ3) is 3.41. The van der Waals surface area contributed by atoms with E-state index in [1.165, 1.54) is 5.56 Å². The number of aromatic nitrogens is 3. The third-order valence-electron chi connectivity index (χ3n) is 3.33. The zero-order valence-corrected chi connectivity index (χ0v) is 11.6. The summed E-state index contributed by atoms with van der Waals surface area (Å²) in [7, 11) is 0. The number of nitrogens with zero attached hydrogens (tertiary/aromatic N) is 3. The normalized spacial score (nSPS) is 12.6. The molecule has 0 bridgehead atoms. The molecule has 1 aromatic heterocycles. The molecule has 102 valence electrons. The van der Waals surface area contributed by atoms with Crippen LogP contribution in [0.1, 0.15) is 36.2 Å². The highest BCUT2D eigenvalue weighted by Crippen LogP contribution is 2.20. The summed E-state index contributed by atoms with van der Waals surface area (Å²) in [6.45, 7) is 5.19. The SMILES string of the molecule is CCCn1ncnc1CC(CO)c1ccc(C)cc1. The van der Waals surface area contributed by atoms with Gasteiger partial charge in [-0.05, 0) is 18.9 Å². The van der Waals surface area contributed by atoms with Gasteiger partial charge in [0.25, 0.3) is 0 Å². The average molecular weight is 259 g/mol. The lowest BCUT2D eigenvalue weighted by molar-refractivity contribution is 0.262. The lowest BCUT2D eigenvalue weighted by Gasteiger charge is -2.15. The second-order valence-electron chi connectivity index (χ2n) is 4.89. The molecule has 0 aliphatic carbocycles. The molecule has 0 radical (unpaired) electrons. The van der Waals surface area contributed by atoms with Crippen molar-refractivity contribution in [1.82, 2.24) is 14.8 Å². The maximum Gasteiger partial charge on any atom is 0.138 e. The van der Waals surface area contributed by atoms with Crippen LogP contribution in [-0.4, -0.2) is 26.5 Å². The fourth-order valence-corrected chi connectivity index (χ4v) is 2.19. The number of aliphatic hydroxyl groups excluding tert-OH is 1. The van der Waals surface area contributed by atoms with Gasteiger partial charge in [-0.3, -0.25) is 4.68 Å². The van der Waals surface area contributed by atoms with Crippen molar-refractivity contribution in [3.8, 4) is 0 Å². The van der Waals surface area contributed by atoms with Crippen molar-refractivity contribution >= 4 is 0 Å². The topological polar surface area (TPSA) is 50.9 Å². The Bertz CT molecular complexity index is 504. The van der Waals surface area contributed by atoms with Crippen LogP contribution in [0.3, 0.4) is 0 Å². The number of aryl methyl sites for hydroxylation is 2. The first-order valence-corrected chi connectivity index (χ1v) is 6.78. The molecule has 1 atom stereocenters. The zero-order valence-electron chi connectivity index (χ0n) is 11.6. The molecule has 0 saturated carbocycles. The van der Waals surface area contributed by atoms with Crippen molar-refractivity contribution in [2.24, 2.45) is 0 Å². The van der Waals surface area contributed by atoms with Gasteiger partial charge in [0.15, 0.2) is 0 Å². The van der Waals surface area contributed by atoms with Crippen LogP contribution in [0.4, 0.5) is 0 Å². The van der Waals surface area contributed by atoms with E-state index >= 15 is 0 Å². The maximum absolute atomic E-state index is 9.61. The van der Waals surface area contributed by atoms with Gasteiger partial charge < -0.3 is 5.11 Å². The summed E-state index contributed by atoms with van der Waals surface area (Å²) in [5.41, 5.74) is 2.38. The van der Waals surface area contributed by atoms with Crippen LogP contribution in [0.5, 0.6) is 0 Å².